The van der Waals surface area contributed by atoms with Gasteiger partial charge in [0, 0.05) is 25.2 Å². The van der Waals surface area contributed by atoms with Crippen LogP contribution < -0.4 is 5.32 Å². The lowest BCUT2D eigenvalue weighted by Gasteiger charge is -2.31. The summed E-state index contributed by atoms with van der Waals surface area (Å²) in [6, 6.07) is 5.83. The summed E-state index contributed by atoms with van der Waals surface area (Å²) in [7, 11) is 1.32. The zero-order chi connectivity index (χ0) is 17.7. The monoisotopic (exact) mass is 335 g/mol. The van der Waals surface area contributed by atoms with E-state index in [-0.39, 0.29) is 23.6 Å². The predicted molar refractivity (Wildman–Crippen MR) is 86.4 cm³/mol. The Morgan fingerprint density at radius 1 is 1.46 bits per heavy atom. The largest absolute Gasteiger partial charge is 0.453 e. The van der Waals surface area contributed by atoms with Crippen molar-refractivity contribution in [3.63, 3.8) is 0 Å². The molecular weight excluding hydrogens is 314 g/mol. The average molecular weight is 335 g/mol. The van der Waals surface area contributed by atoms with Crippen LogP contribution in [-0.4, -0.2) is 42.0 Å². The van der Waals surface area contributed by atoms with Crippen molar-refractivity contribution in [2.75, 3.05) is 20.2 Å². The van der Waals surface area contributed by atoms with Gasteiger partial charge in [0.05, 0.1) is 24.0 Å². The molecule has 0 unspecified atom stereocenters. The molecular formula is C16H21N3O5. The fourth-order valence-corrected chi connectivity index (χ4v) is 2.81. The van der Waals surface area contributed by atoms with Crippen molar-refractivity contribution < 1.29 is 19.2 Å². The third-order valence-electron chi connectivity index (χ3n) is 4.16. The number of carbonyl (C=O) groups is 2. The Hall–Kier alpha value is -2.64. The molecule has 1 aromatic carbocycles. The molecule has 1 saturated heterocycles. The SMILES string of the molecule is COC(=O)N1CCC[C@@H](C(=O)N[C@@H](C)c2cccc([N+](=O)[O-])c2)C1. The smallest absolute Gasteiger partial charge is 0.409 e. The number of carbonyl (C=O) groups excluding carboxylic acids is 2. The number of hydrogen-bond donors (Lipinski definition) is 1. The summed E-state index contributed by atoms with van der Waals surface area (Å²) >= 11 is 0. The number of non-ortho nitro benzene ring substituents is 1. The molecule has 0 radical (unpaired) electrons. The summed E-state index contributed by atoms with van der Waals surface area (Å²) in [5.41, 5.74) is 0.654. The van der Waals surface area contributed by atoms with Crippen molar-refractivity contribution in [1.82, 2.24) is 10.2 Å². The third kappa shape index (κ3) is 4.21. The highest BCUT2D eigenvalue weighted by atomic mass is 16.6. The van der Waals surface area contributed by atoms with Crippen LogP contribution in [0.1, 0.15) is 31.4 Å². The number of nitro groups is 1. The summed E-state index contributed by atoms with van der Waals surface area (Å²) in [4.78, 5) is 35.9. The van der Waals surface area contributed by atoms with Crippen molar-refractivity contribution >= 4 is 17.7 Å². The van der Waals surface area contributed by atoms with E-state index in [1.165, 1.54) is 24.1 Å². The summed E-state index contributed by atoms with van der Waals surface area (Å²) in [5.74, 6) is -0.471. The van der Waals surface area contributed by atoms with Crippen LogP contribution in [-0.2, 0) is 9.53 Å². The maximum absolute atomic E-state index is 12.4. The van der Waals surface area contributed by atoms with Crippen LogP contribution in [0.2, 0.25) is 0 Å². The van der Waals surface area contributed by atoms with Crippen LogP contribution in [0.4, 0.5) is 10.5 Å². The van der Waals surface area contributed by atoms with Gasteiger partial charge in [-0.2, -0.15) is 0 Å². The van der Waals surface area contributed by atoms with Gasteiger partial charge in [-0.05, 0) is 25.3 Å². The minimum absolute atomic E-state index is 0.0110. The van der Waals surface area contributed by atoms with E-state index in [0.717, 1.165) is 6.42 Å². The second-order valence-electron chi connectivity index (χ2n) is 5.84. The Labute approximate surface area is 139 Å². The summed E-state index contributed by atoms with van der Waals surface area (Å²) in [6.07, 6.45) is 0.999. The highest BCUT2D eigenvalue weighted by Crippen LogP contribution is 2.21. The molecule has 130 valence electrons. The Balaban J connectivity index is 1.99. The van der Waals surface area contributed by atoms with Crippen LogP contribution in [0.5, 0.6) is 0 Å². The van der Waals surface area contributed by atoms with E-state index in [9.17, 15) is 19.7 Å². The Kier molecular flexibility index (Phi) is 5.73. The van der Waals surface area contributed by atoms with Crippen molar-refractivity contribution in [3.8, 4) is 0 Å². The zero-order valence-electron chi connectivity index (χ0n) is 13.7. The first-order chi connectivity index (χ1) is 11.4. The second kappa shape index (κ2) is 7.76. The van der Waals surface area contributed by atoms with Crippen molar-refractivity contribution in [1.29, 1.82) is 0 Å². The standard InChI is InChI=1S/C16H21N3O5/c1-11(12-5-3-7-14(9-12)19(22)23)17-15(20)13-6-4-8-18(10-13)16(21)24-2/h3,5,7,9,11,13H,4,6,8,10H2,1-2H3,(H,17,20)/t11-,13+/m0/s1. The third-order valence-corrected chi connectivity index (χ3v) is 4.16. The Morgan fingerprint density at radius 3 is 2.88 bits per heavy atom. The van der Waals surface area contributed by atoms with Gasteiger partial charge in [-0.3, -0.25) is 14.9 Å². The number of nitrogens with one attached hydrogen (secondary N) is 1. The molecule has 8 nitrogen and oxygen atoms in total. The molecule has 1 aromatic rings. The topological polar surface area (TPSA) is 102 Å². The van der Waals surface area contributed by atoms with Gasteiger partial charge in [0.15, 0.2) is 0 Å². The summed E-state index contributed by atoms with van der Waals surface area (Å²) in [5, 5.41) is 13.7. The number of rotatable bonds is 4. The Bertz CT molecular complexity index is 634. The van der Waals surface area contributed by atoms with Crippen LogP contribution in [0, 0.1) is 16.0 Å². The van der Waals surface area contributed by atoms with Gasteiger partial charge < -0.3 is 15.0 Å². The first-order valence-electron chi connectivity index (χ1n) is 7.80. The molecule has 0 saturated carbocycles. The number of ether oxygens (including phenoxy) is 1. The fraction of sp³-hybridized carbons (Fsp3) is 0.500. The lowest BCUT2D eigenvalue weighted by atomic mass is 9.96. The lowest BCUT2D eigenvalue weighted by Crippen LogP contribution is -2.45. The summed E-state index contributed by atoms with van der Waals surface area (Å²) < 4.78 is 4.70. The number of methoxy groups -OCH3 is 1. The van der Waals surface area contributed by atoms with Crippen LogP contribution in [0.15, 0.2) is 24.3 Å². The van der Waals surface area contributed by atoms with Gasteiger partial charge >= 0.3 is 6.09 Å². The molecule has 0 bridgehead atoms. The van der Waals surface area contributed by atoms with Crippen molar-refractivity contribution in [2.24, 2.45) is 5.92 Å². The van der Waals surface area contributed by atoms with Gasteiger partial charge in [-0.15, -0.1) is 0 Å². The molecule has 1 aliphatic heterocycles. The highest BCUT2D eigenvalue weighted by Gasteiger charge is 2.29. The zero-order valence-corrected chi connectivity index (χ0v) is 13.7. The summed E-state index contributed by atoms with van der Waals surface area (Å²) in [6.45, 7) is 2.68. The second-order valence-corrected chi connectivity index (χ2v) is 5.84. The van der Waals surface area contributed by atoms with Gasteiger partial charge in [-0.25, -0.2) is 4.79 Å². The van der Waals surface area contributed by atoms with Crippen molar-refractivity contribution in [2.45, 2.75) is 25.8 Å². The van der Waals surface area contributed by atoms with E-state index in [0.29, 0.717) is 25.1 Å². The van der Waals surface area contributed by atoms with Gasteiger partial charge in [-0.1, -0.05) is 12.1 Å². The van der Waals surface area contributed by atoms with Gasteiger partial charge in [0.2, 0.25) is 5.91 Å². The molecule has 8 heteroatoms. The number of likely N-dealkylation sites (tertiary alicyclic amines) is 1. The molecule has 0 aliphatic carbocycles. The minimum atomic E-state index is -0.465. The molecule has 1 N–H and O–H groups in total. The molecule has 2 rings (SSSR count). The number of nitro benzene ring substituents is 1. The first-order valence-corrected chi connectivity index (χ1v) is 7.80. The molecule has 2 atom stereocenters. The average Bonchev–Trinajstić information content (AvgIpc) is 2.61. The lowest BCUT2D eigenvalue weighted by molar-refractivity contribution is -0.384. The molecule has 1 fully saturated rings. The molecule has 24 heavy (non-hydrogen) atoms. The predicted octanol–water partition coefficient (Wildman–Crippen LogP) is 2.25. The quantitative estimate of drug-likeness (QED) is 0.671. The molecule has 1 aliphatic rings. The molecule has 0 spiro atoms. The maximum atomic E-state index is 12.4. The van der Waals surface area contributed by atoms with E-state index in [2.05, 4.69) is 5.32 Å². The van der Waals surface area contributed by atoms with Crippen LogP contribution in [0.3, 0.4) is 0 Å². The van der Waals surface area contributed by atoms with E-state index >= 15 is 0 Å². The number of hydrogen-bond acceptors (Lipinski definition) is 5. The minimum Gasteiger partial charge on any atom is -0.453 e. The molecule has 0 aromatic heterocycles. The van der Waals surface area contributed by atoms with E-state index in [1.54, 1.807) is 19.1 Å². The normalized spacial score (nSPS) is 18.6. The number of nitrogens with zero attached hydrogens (tertiary/aromatic N) is 2. The number of benzene rings is 1. The Morgan fingerprint density at radius 2 is 2.21 bits per heavy atom. The first kappa shape index (κ1) is 17.7. The van der Waals surface area contributed by atoms with Crippen LogP contribution in [0.25, 0.3) is 0 Å². The van der Waals surface area contributed by atoms with E-state index in [4.69, 9.17) is 4.74 Å². The molecule has 1 heterocycles. The highest BCUT2D eigenvalue weighted by molar-refractivity contribution is 5.80. The van der Waals surface area contributed by atoms with E-state index in [1.807, 2.05) is 0 Å². The van der Waals surface area contributed by atoms with Crippen molar-refractivity contribution in [3.05, 3.63) is 39.9 Å². The van der Waals surface area contributed by atoms with E-state index < -0.39 is 11.0 Å². The van der Waals surface area contributed by atoms with Crippen LogP contribution >= 0.6 is 0 Å². The van der Waals surface area contributed by atoms with Gasteiger partial charge in [0.1, 0.15) is 0 Å². The fourth-order valence-electron chi connectivity index (χ4n) is 2.81. The molecule has 2 amide bonds. The maximum Gasteiger partial charge on any atom is 0.409 e. The number of piperidine rings is 1. The van der Waals surface area contributed by atoms with Gasteiger partial charge in [0.25, 0.3) is 5.69 Å². The number of amides is 2.